The van der Waals surface area contributed by atoms with Crippen LogP contribution in [0.1, 0.15) is 78.7 Å². The van der Waals surface area contributed by atoms with Crippen LogP contribution in [0, 0.1) is 28.1 Å². The molecule has 0 saturated heterocycles. The molecular weight excluding hydrogens is 485 g/mol. The minimum absolute atomic E-state index is 0.0399. The Hall–Kier alpha value is -2.23. The maximum absolute atomic E-state index is 13.1. The number of ketones is 1. The van der Waals surface area contributed by atoms with Gasteiger partial charge in [-0.2, -0.15) is 0 Å². The molecule has 3 aliphatic rings. The van der Waals surface area contributed by atoms with Gasteiger partial charge in [-0.05, 0) is 67.3 Å². The molecule has 7 atom stereocenters. The largest absolute Gasteiger partial charge is 0.492 e. The minimum Gasteiger partial charge on any atom is -0.466 e. The number of nitrogens with zero attached hydrogens (tertiary/aromatic N) is 1. The lowest BCUT2D eigenvalue weighted by Gasteiger charge is -2.60. The summed E-state index contributed by atoms with van der Waals surface area (Å²) in [6.07, 6.45) is 6.45. The van der Waals surface area contributed by atoms with Gasteiger partial charge < -0.3 is 29.1 Å². The molecule has 1 aliphatic heterocycles. The highest BCUT2D eigenvalue weighted by Crippen LogP contribution is 2.62. The van der Waals surface area contributed by atoms with Gasteiger partial charge in [-0.15, -0.1) is 6.58 Å². The standard InChI is InChI=1S/C29H42BNO7/c1-7-27(5)13-23(38-25(33)16-36-24-12-22-21(14-31-24)15-37-30(22)35)28(6)17-29(10-8-18(28)2,11-9-19(3)32)20(4)26(27)34/h7,12,14,18,20,23,26,34-35H,1,8-11,13,15-17H2,2-6H3/t18-,20+,23-,26+,27-,28+,29-/m1/s1. The number of fused-ring (bicyclic) bond motifs is 3. The zero-order valence-corrected chi connectivity index (χ0v) is 23.4. The van der Waals surface area contributed by atoms with E-state index < -0.39 is 30.7 Å². The van der Waals surface area contributed by atoms with Crippen molar-refractivity contribution in [3.05, 3.63) is 30.5 Å². The summed E-state index contributed by atoms with van der Waals surface area (Å²) in [5, 5.41) is 21.6. The molecule has 0 aromatic carbocycles. The monoisotopic (exact) mass is 527 g/mol. The van der Waals surface area contributed by atoms with E-state index in [4.69, 9.17) is 14.1 Å². The summed E-state index contributed by atoms with van der Waals surface area (Å²) in [5.74, 6) is 0.0831. The minimum atomic E-state index is -1.03. The molecule has 2 bridgehead atoms. The van der Waals surface area contributed by atoms with E-state index in [1.807, 2.05) is 6.92 Å². The molecule has 2 heterocycles. The van der Waals surface area contributed by atoms with Crippen LogP contribution in [0.2, 0.25) is 0 Å². The number of hydrogen-bond donors (Lipinski definition) is 2. The van der Waals surface area contributed by atoms with Crippen molar-refractivity contribution in [2.45, 2.75) is 92.0 Å². The molecule has 0 spiro atoms. The van der Waals surface area contributed by atoms with Gasteiger partial charge in [0, 0.05) is 29.5 Å². The van der Waals surface area contributed by atoms with E-state index in [-0.39, 0.29) is 47.5 Å². The Morgan fingerprint density at radius 1 is 1.34 bits per heavy atom. The van der Waals surface area contributed by atoms with Gasteiger partial charge in [-0.25, -0.2) is 9.78 Å². The lowest BCUT2D eigenvalue weighted by molar-refractivity contribution is -0.190. The molecule has 2 N–H and O–H groups in total. The summed E-state index contributed by atoms with van der Waals surface area (Å²) in [6, 6.07) is 1.58. The van der Waals surface area contributed by atoms with Crippen LogP contribution in [0.4, 0.5) is 0 Å². The Bertz CT molecular complexity index is 1080. The van der Waals surface area contributed by atoms with Crippen molar-refractivity contribution in [1.82, 2.24) is 4.98 Å². The van der Waals surface area contributed by atoms with Gasteiger partial charge in [0.25, 0.3) is 0 Å². The molecule has 0 unspecified atom stereocenters. The molecule has 0 radical (unpaired) electrons. The second-order valence-electron chi connectivity index (χ2n) is 12.5. The van der Waals surface area contributed by atoms with Gasteiger partial charge in [0.2, 0.25) is 5.88 Å². The summed E-state index contributed by atoms with van der Waals surface area (Å²) >= 11 is 0. The number of hydrogen-bond acceptors (Lipinski definition) is 8. The van der Waals surface area contributed by atoms with E-state index in [0.29, 0.717) is 24.7 Å². The first-order valence-corrected chi connectivity index (χ1v) is 13.8. The SMILES string of the molecule is C=C[C@]1(C)C[C@@H](OC(=O)COc2cc3c(cn2)COB3O)[C@@]2(C)C[C@](CCC(C)=O)(CC[C@H]2C)[C@@H](C)[C@@H]1O. The molecule has 38 heavy (non-hydrogen) atoms. The summed E-state index contributed by atoms with van der Waals surface area (Å²) in [5.41, 5.74) is 0.0967. The zero-order chi connectivity index (χ0) is 27.9. The van der Waals surface area contributed by atoms with Gasteiger partial charge in [0.15, 0.2) is 6.61 Å². The number of esters is 1. The van der Waals surface area contributed by atoms with Crippen molar-refractivity contribution in [1.29, 1.82) is 0 Å². The molecular formula is C29H42BNO7. The molecule has 2 aliphatic carbocycles. The summed E-state index contributed by atoms with van der Waals surface area (Å²) in [6.45, 7) is 14.1. The van der Waals surface area contributed by atoms with Gasteiger partial charge in [0.1, 0.15) is 11.9 Å². The first kappa shape index (κ1) is 28.8. The van der Waals surface area contributed by atoms with Crippen LogP contribution in [0.25, 0.3) is 0 Å². The smallest absolute Gasteiger partial charge is 0.466 e. The third-order valence-electron chi connectivity index (χ3n) is 10.1. The van der Waals surface area contributed by atoms with Crippen LogP contribution in [-0.4, -0.2) is 52.8 Å². The van der Waals surface area contributed by atoms with Gasteiger partial charge in [-0.3, -0.25) is 0 Å². The van der Waals surface area contributed by atoms with Crippen molar-refractivity contribution in [3.63, 3.8) is 0 Å². The highest BCUT2D eigenvalue weighted by molar-refractivity contribution is 6.61. The van der Waals surface area contributed by atoms with Crippen LogP contribution in [0.3, 0.4) is 0 Å². The van der Waals surface area contributed by atoms with E-state index in [1.165, 1.54) is 0 Å². The molecule has 9 heteroatoms. The van der Waals surface area contributed by atoms with Crippen molar-refractivity contribution >= 4 is 24.3 Å². The Morgan fingerprint density at radius 3 is 2.76 bits per heavy atom. The molecule has 0 amide bonds. The summed E-state index contributed by atoms with van der Waals surface area (Å²) in [4.78, 5) is 29.4. The summed E-state index contributed by atoms with van der Waals surface area (Å²) in [7, 11) is -1.03. The van der Waals surface area contributed by atoms with Gasteiger partial charge in [0.05, 0.1) is 12.7 Å². The first-order valence-electron chi connectivity index (χ1n) is 13.8. The average Bonchev–Trinajstić information content (AvgIpc) is 3.26. The van der Waals surface area contributed by atoms with Crippen molar-refractivity contribution in [2.75, 3.05) is 6.61 Å². The molecule has 208 valence electrons. The predicted molar refractivity (Wildman–Crippen MR) is 144 cm³/mol. The van der Waals surface area contributed by atoms with E-state index in [9.17, 15) is 19.7 Å². The van der Waals surface area contributed by atoms with Crippen LogP contribution in [0.15, 0.2) is 24.9 Å². The predicted octanol–water partition coefficient (Wildman–Crippen LogP) is 3.36. The topological polar surface area (TPSA) is 115 Å². The maximum Gasteiger partial charge on any atom is 0.492 e. The lowest BCUT2D eigenvalue weighted by atomic mass is 9.47. The number of Topliss-reactive ketones (excluding diaryl/α,β-unsaturated/α-hetero) is 1. The molecule has 1 aromatic heterocycles. The number of aromatic nitrogens is 1. The normalized spacial score (nSPS) is 36.6. The Morgan fingerprint density at radius 2 is 2.08 bits per heavy atom. The van der Waals surface area contributed by atoms with E-state index in [2.05, 4.69) is 32.3 Å². The number of pyridine rings is 1. The second-order valence-corrected chi connectivity index (χ2v) is 12.5. The van der Waals surface area contributed by atoms with Crippen molar-refractivity contribution < 1.29 is 33.8 Å². The average molecular weight is 527 g/mol. The highest BCUT2D eigenvalue weighted by atomic mass is 16.6. The molecule has 2 fully saturated rings. The van der Waals surface area contributed by atoms with Crippen LogP contribution < -0.4 is 10.2 Å². The van der Waals surface area contributed by atoms with Crippen molar-refractivity contribution in [2.24, 2.45) is 28.1 Å². The van der Waals surface area contributed by atoms with Gasteiger partial charge in [-0.1, -0.05) is 33.8 Å². The Balaban J connectivity index is 1.58. The fourth-order valence-electron chi connectivity index (χ4n) is 7.07. The van der Waals surface area contributed by atoms with Crippen molar-refractivity contribution in [3.8, 4) is 5.88 Å². The van der Waals surface area contributed by atoms with Gasteiger partial charge >= 0.3 is 13.1 Å². The number of aliphatic hydroxyl groups is 1. The molecule has 4 rings (SSSR count). The Kier molecular flexibility index (Phi) is 8.13. The highest BCUT2D eigenvalue weighted by Gasteiger charge is 2.58. The number of carbonyl (C=O) groups excluding carboxylic acids is 2. The fraction of sp³-hybridized carbons (Fsp3) is 0.690. The van der Waals surface area contributed by atoms with Crippen LogP contribution in [0.5, 0.6) is 5.88 Å². The van der Waals surface area contributed by atoms with E-state index >= 15 is 0 Å². The van der Waals surface area contributed by atoms with Crippen LogP contribution in [-0.2, 0) is 25.6 Å². The third kappa shape index (κ3) is 5.30. The quantitative estimate of drug-likeness (QED) is 0.301. The first-order chi connectivity index (χ1) is 17.8. The Labute approximate surface area is 226 Å². The third-order valence-corrected chi connectivity index (χ3v) is 10.1. The number of aliphatic hydroxyl groups excluding tert-OH is 1. The summed E-state index contributed by atoms with van der Waals surface area (Å²) < 4.78 is 17.0. The number of rotatable bonds is 8. The van der Waals surface area contributed by atoms with Crippen LogP contribution >= 0.6 is 0 Å². The number of ether oxygens (including phenoxy) is 2. The molecule has 2 saturated carbocycles. The van der Waals surface area contributed by atoms with E-state index in [1.54, 1.807) is 25.3 Å². The maximum atomic E-state index is 13.1. The zero-order valence-electron chi connectivity index (χ0n) is 23.4. The molecule has 1 aromatic rings. The number of carbonyl (C=O) groups is 2. The molecule has 8 nitrogen and oxygen atoms in total. The second kappa shape index (κ2) is 10.7. The van der Waals surface area contributed by atoms with E-state index in [0.717, 1.165) is 24.8 Å². The fourth-order valence-corrected chi connectivity index (χ4v) is 7.07. The lowest BCUT2D eigenvalue weighted by Crippen LogP contribution is -2.58.